The summed E-state index contributed by atoms with van der Waals surface area (Å²) in [6, 6.07) is 7.57. The van der Waals surface area contributed by atoms with E-state index >= 15 is 0 Å². The topological polar surface area (TPSA) is 48.4 Å². The van der Waals surface area contributed by atoms with Crippen LogP contribution in [0, 0.1) is 6.92 Å². The first-order valence-corrected chi connectivity index (χ1v) is 6.77. The van der Waals surface area contributed by atoms with Crippen molar-refractivity contribution in [3.63, 3.8) is 0 Å². The van der Waals surface area contributed by atoms with E-state index in [0.717, 1.165) is 40.9 Å². The van der Waals surface area contributed by atoms with Crippen LogP contribution in [0.2, 0.25) is 5.02 Å². The molecule has 19 heavy (non-hydrogen) atoms. The summed E-state index contributed by atoms with van der Waals surface area (Å²) in [4.78, 5) is 0. The van der Waals surface area contributed by atoms with Crippen LogP contribution in [0.5, 0.6) is 5.75 Å². The third-order valence-corrected chi connectivity index (χ3v) is 3.61. The average Bonchev–Trinajstić information content (AvgIpc) is 2.97. The molecule has 4 heteroatoms. The maximum atomic E-state index is 6.19. The number of hydrogen-bond acceptors (Lipinski definition) is 3. The Kier molecular flexibility index (Phi) is 3.25. The number of aryl methyl sites for hydroxylation is 1. The van der Waals surface area contributed by atoms with Gasteiger partial charge in [0.05, 0.1) is 12.6 Å². The summed E-state index contributed by atoms with van der Waals surface area (Å²) in [6.07, 6.45) is 1.58. The zero-order chi connectivity index (χ0) is 13.4. The fourth-order valence-corrected chi connectivity index (χ4v) is 2.75. The molecule has 2 heterocycles. The van der Waals surface area contributed by atoms with Crippen LogP contribution < -0.4 is 10.5 Å². The highest BCUT2D eigenvalue weighted by Crippen LogP contribution is 2.35. The van der Waals surface area contributed by atoms with Crippen molar-refractivity contribution in [3.8, 4) is 5.75 Å². The molecule has 0 saturated heterocycles. The van der Waals surface area contributed by atoms with Crippen molar-refractivity contribution >= 4 is 11.6 Å². The largest absolute Gasteiger partial charge is 0.493 e. The number of fused-ring (bicyclic) bond motifs is 1. The van der Waals surface area contributed by atoms with Crippen LogP contribution in [0.15, 0.2) is 28.7 Å². The molecule has 1 aliphatic heterocycles. The molecule has 100 valence electrons. The molecule has 1 atom stereocenters. The molecule has 3 nitrogen and oxygen atoms in total. The third-order valence-electron chi connectivity index (χ3n) is 3.39. The lowest BCUT2D eigenvalue weighted by molar-refractivity contribution is 0.351. The van der Waals surface area contributed by atoms with E-state index in [-0.39, 0.29) is 6.04 Å². The number of rotatable bonds is 3. The van der Waals surface area contributed by atoms with Gasteiger partial charge in [-0.25, -0.2) is 0 Å². The molecule has 1 aliphatic rings. The molecule has 0 aliphatic carbocycles. The van der Waals surface area contributed by atoms with E-state index in [1.165, 1.54) is 5.56 Å². The molecule has 0 bridgehead atoms. The van der Waals surface area contributed by atoms with E-state index in [1.807, 2.05) is 31.2 Å². The van der Waals surface area contributed by atoms with Crippen molar-refractivity contribution in [2.45, 2.75) is 25.8 Å². The lowest BCUT2D eigenvalue weighted by Crippen LogP contribution is -2.13. The average molecular weight is 278 g/mol. The molecular weight excluding hydrogens is 262 g/mol. The molecule has 2 N–H and O–H groups in total. The van der Waals surface area contributed by atoms with Gasteiger partial charge in [-0.15, -0.1) is 0 Å². The van der Waals surface area contributed by atoms with Gasteiger partial charge in [-0.2, -0.15) is 0 Å². The fourth-order valence-electron chi connectivity index (χ4n) is 2.49. The first-order valence-electron chi connectivity index (χ1n) is 6.39. The number of furan rings is 1. The Labute approximate surface area is 117 Å². The number of hydrogen-bond donors (Lipinski definition) is 1. The van der Waals surface area contributed by atoms with Crippen molar-refractivity contribution in [1.29, 1.82) is 0 Å². The predicted molar refractivity (Wildman–Crippen MR) is 74.7 cm³/mol. The van der Waals surface area contributed by atoms with Crippen molar-refractivity contribution in [1.82, 2.24) is 0 Å². The van der Waals surface area contributed by atoms with Crippen molar-refractivity contribution in [3.05, 3.63) is 51.9 Å². The van der Waals surface area contributed by atoms with E-state index in [1.54, 1.807) is 0 Å². The van der Waals surface area contributed by atoms with Gasteiger partial charge in [0.15, 0.2) is 0 Å². The molecule has 3 rings (SSSR count). The summed E-state index contributed by atoms with van der Waals surface area (Å²) in [5, 5.41) is 0.738. The molecule has 0 radical (unpaired) electrons. The number of nitrogens with two attached hydrogens (primary N) is 1. The zero-order valence-electron chi connectivity index (χ0n) is 10.8. The molecule has 0 fully saturated rings. The molecule has 0 spiro atoms. The summed E-state index contributed by atoms with van der Waals surface area (Å²) < 4.78 is 11.3. The zero-order valence-corrected chi connectivity index (χ0v) is 11.5. The van der Waals surface area contributed by atoms with Gasteiger partial charge in [0.2, 0.25) is 0 Å². The second kappa shape index (κ2) is 4.91. The Hall–Kier alpha value is -1.45. The Morgan fingerprint density at radius 1 is 1.37 bits per heavy atom. The van der Waals surface area contributed by atoms with E-state index in [2.05, 4.69) is 0 Å². The predicted octanol–water partition coefficient (Wildman–Crippen LogP) is 3.42. The van der Waals surface area contributed by atoms with Gasteiger partial charge >= 0.3 is 0 Å². The van der Waals surface area contributed by atoms with Crippen molar-refractivity contribution in [2.24, 2.45) is 5.73 Å². The Bertz CT molecular complexity index is 606. The molecule has 0 amide bonds. The standard InChI is InChI=1S/C15H16ClNO2/c1-9-2-3-14(19-9)13(17)8-11-7-12(16)6-10-4-5-18-15(10)11/h2-3,6-7,13H,4-5,8,17H2,1H3. The van der Waals surface area contributed by atoms with Gasteiger partial charge in [-0.3, -0.25) is 0 Å². The smallest absolute Gasteiger partial charge is 0.125 e. The summed E-state index contributed by atoms with van der Waals surface area (Å²) in [5.74, 6) is 2.62. The minimum atomic E-state index is -0.180. The van der Waals surface area contributed by atoms with Crippen LogP contribution in [-0.2, 0) is 12.8 Å². The van der Waals surface area contributed by atoms with Gasteiger partial charge in [-0.1, -0.05) is 11.6 Å². The Morgan fingerprint density at radius 3 is 2.95 bits per heavy atom. The number of halogens is 1. The minimum Gasteiger partial charge on any atom is -0.493 e. The van der Waals surface area contributed by atoms with E-state index in [9.17, 15) is 0 Å². The second-order valence-corrected chi connectivity index (χ2v) is 5.35. The molecule has 2 aromatic rings. The van der Waals surface area contributed by atoms with Crippen LogP contribution in [0.25, 0.3) is 0 Å². The molecule has 1 aromatic carbocycles. The molecule has 0 saturated carbocycles. The number of ether oxygens (including phenoxy) is 1. The molecular formula is C15H16ClNO2. The van der Waals surface area contributed by atoms with Gasteiger partial charge in [-0.05, 0) is 48.7 Å². The second-order valence-electron chi connectivity index (χ2n) is 4.91. The van der Waals surface area contributed by atoms with Gasteiger partial charge in [0.1, 0.15) is 17.3 Å². The Balaban J connectivity index is 1.87. The quantitative estimate of drug-likeness (QED) is 0.935. The maximum Gasteiger partial charge on any atom is 0.125 e. The lowest BCUT2D eigenvalue weighted by atomic mass is 10.0. The summed E-state index contributed by atoms with van der Waals surface area (Å²) in [7, 11) is 0. The van der Waals surface area contributed by atoms with Gasteiger partial charge < -0.3 is 14.9 Å². The van der Waals surface area contributed by atoms with Gasteiger partial charge in [0, 0.05) is 11.4 Å². The van der Waals surface area contributed by atoms with E-state index in [0.29, 0.717) is 6.42 Å². The SMILES string of the molecule is Cc1ccc(C(N)Cc2cc(Cl)cc3c2OCC3)o1. The van der Waals surface area contributed by atoms with Crippen molar-refractivity contribution < 1.29 is 9.15 Å². The summed E-state index contributed by atoms with van der Waals surface area (Å²) in [5.41, 5.74) is 8.42. The van der Waals surface area contributed by atoms with Crippen molar-refractivity contribution in [2.75, 3.05) is 6.61 Å². The van der Waals surface area contributed by atoms with Crippen LogP contribution >= 0.6 is 11.6 Å². The van der Waals surface area contributed by atoms with Crippen LogP contribution in [0.3, 0.4) is 0 Å². The lowest BCUT2D eigenvalue weighted by Gasteiger charge is -2.13. The number of benzene rings is 1. The first kappa shape index (κ1) is 12.6. The van der Waals surface area contributed by atoms with Crippen LogP contribution in [0.1, 0.15) is 28.7 Å². The summed E-state index contributed by atoms with van der Waals surface area (Å²) >= 11 is 6.14. The van der Waals surface area contributed by atoms with Crippen LogP contribution in [0.4, 0.5) is 0 Å². The highest BCUT2D eigenvalue weighted by Gasteiger charge is 2.20. The normalized spacial score (nSPS) is 15.1. The fraction of sp³-hybridized carbons (Fsp3) is 0.333. The highest BCUT2D eigenvalue weighted by molar-refractivity contribution is 6.30. The first-order chi connectivity index (χ1) is 9.13. The minimum absolute atomic E-state index is 0.180. The third kappa shape index (κ3) is 2.48. The maximum absolute atomic E-state index is 6.19. The van der Waals surface area contributed by atoms with Crippen LogP contribution in [-0.4, -0.2) is 6.61 Å². The Morgan fingerprint density at radius 2 is 2.21 bits per heavy atom. The van der Waals surface area contributed by atoms with Gasteiger partial charge in [0.25, 0.3) is 0 Å². The molecule has 1 unspecified atom stereocenters. The monoisotopic (exact) mass is 277 g/mol. The highest BCUT2D eigenvalue weighted by atomic mass is 35.5. The van der Waals surface area contributed by atoms with E-state index < -0.39 is 0 Å². The van der Waals surface area contributed by atoms with E-state index in [4.69, 9.17) is 26.5 Å². The summed E-state index contributed by atoms with van der Waals surface area (Å²) in [6.45, 7) is 2.63. The molecule has 1 aromatic heterocycles.